The highest BCUT2D eigenvalue weighted by Gasteiger charge is 2.23. The summed E-state index contributed by atoms with van der Waals surface area (Å²) in [5, 5.41) is 4.34. The van der Waals surface area contributed by atoms with Crippen molar-refractivity contribution in [2.45, 2.75) is 142 Å². The standard InChI is InChI=1S/C40H56O4/c1-3-5-7-9-11-13-15-17-19-21-29-43-39-33-27-23-25-31-35(33)36-32(38(42)37(31)41)26-24-28-34(36)40(39)44-30-22-20-18-16-14-12-10-8-6-4-2/h23-28H,3-22,29-30H2,1-2H3. The summed E-state index contributed by atoms with van der Waals surface area (Å²) in [4.78, 5) is 26.1. The zero-order valence-corrected chi connectivity index (χ0v) is 27.7. The van der Waals surface area contributed by atoms with Crippen LogP contribution in [0.3, 0.4) is 0 Å². The average Bonchev–Trinajstić information content (AvgIpc) is 3.04. The van der Waals surface area contributed by atoms with Gasteiger partial charge >= 0.3 is 0 Å². The Morgan fingerprint density at radius 1 is 0.409 bits per heavy atom. The van der Waals surface area contributed by atoms with E-state index in [2.05, 4.69) is 13.8 Å². The molecular weight excluding hydrogens is 544 g/mol. The molecule has 0 aromatic heterocycles. The topological polar surface area (TPSA) is 52.6 Å². The first-order valence-corrected chi connectivity index (χ1v) is 18.0. The van der Waals surface area contributed by atoms with Crippen molar-refractivity contribution < 1.29 is 9.47 Å². The Labute approximate surface area is 265 Å². The zero-order chi connectivity index (χ0) is 31.0. The van der Waals surface area contributed by atoms with Gasteiger partial charge in [-0.1, -0.05) is 166 Å². The van der Waals surface area contributed by atoms with E-state index in [1.54, 1.807) is 12.1 Å². The molecule has 0 aliphatic carbocycles. The number of hydrogen-bond donors (Lipinski definition) is 0. The largest absolute Gasteiger partial charge is 0.489 e. The lowest BCUT2D eigenvalue weighted by atomic mass is 9.92. The molecule has 0 heterocycles. The summed E-state index contributed by atoms with van der Waals surface area (Å²) in [5.74, 6) is 1.44. The maximum Gasteiger partial charge on any atom is 0.234 e. The molecule has 0 bridgehead atoms. The van der Waals surface area contributed by atoms with Gasteiger partial charge in [0.1, 0.15) is 0 Å². The highest BCUT2D eigenvalue weighted by Crippen LogP contribution is 2.46. The van der Waals surface area contributed by atoms with Crippen LogP contribution in [-0.4, -0.2) is 13.2 Å². The van der Waals surface area contributed by atoms with Gasteiger partial charge in [-0.2, -0.15) is 0 Å². The van der Waals surface area contributed by atoms with Gasteiger partial charge in [0, 0.05) is 32.3 Å². The summed E-state index contributed by atoms with van der Waals surface area (Å²) in [6, 6.07) is 11.3. The van der Waals surface area contributed by atoms with Crippen LogP contribution in [0.5, 0.6) is 11.5 Å². The normalized spacial score (nSPS) is 11.8. The van der Waals surface area contributed by atoms with Gasteiger partial charge in [0.15, 0.2) is 11.5 Å². The third kappa shape index (κ3) is 9.08. The molecule has 0 N–H and O–H groups in total. The molecule has 4 aromatic rings. The molecule has 240 valence electrons. The SMILES string of the molecule is CCCCCCCCCCCCOc1c(OCCCCCCCCCCCC)c2cccc3c(=O)c(=O)c4cccc1c4c23. The Bertz CT molecular complexity index is 1380. The molecule has 0 fully saturated rings. The van der Waals surface area contributed by atoms with Crippen LogP contribution >= 0.6 is 0 Å². The van der Waals surface area contributed by atoms with Gasteiger partial charge in [0.25, 0.3) is 0 Å². The van der Waals surface area contributed by atoms with Gasteiger partial charge in [0.05, 0.1) is 13.2 Å². The van der Waals surface area contributed by atoms with E-state index >= 15 is 0 Å². The monoisotopic (exact) mass is 600 g/mol. The molecule has 0 unspecified atom stereocenters. The maximum atomic E-state index is 13.1. The summed E-state index contributed by atoms with van der Waals surface area (Å²) >= 11 is 0. The lowest BCUT2D eigenvalue weighted by Gasteiger charge is -2.20. The van der Waals surface area contributed by atoms with Crippen molar-refractivity contribution >= 4 is 32.3 Å². The van der Waals surface area contributed by atoms with Crippen molar-refractivity contribution in [3.8, 4) is 11.5 Å². The molecule has 0 spiro atoms. The lowest BCUT2D eigenvalue weighted by Crippen LogP contribution is -2.24. The van der Waals surface area contributed by atoms with Crippen molar-refractivity contribution in [3.05, 3.63) is 56.8 Å². The fourth-order valence-corrected chi connectivity index (χ4v) is 6.70. The summed E-state index contributed by atoms with van der Waals surface area (Å²) < 4.78 is 13.1. The summed E-state index contributed by atoms with van der Waals surface area (Å²) in [7, 11) is 0. The van der Waals surface area contributed by atoms with E-state index in [4.69, 9.17) is 9.47 Å². The highest BCUT2D eigenvalue weighted by atomic mass is 16.5. The molecule has 4 nitrogen and oxygen atoms in total. The van der Waals surface area contributed by atoms with Crippen LogP contribution in [0, 0.1) is 0 Å². The summed E-state index contributed by atoms with van der Waals surface area (Å²) in [6.07, 6.45) is 25.5. The molecule has 4 heteroatoms. The molecule has 0 aliphatic heterocycles. The molecule has 0 atom stereocenters. The van der Waals surface area contributed by atoms with E-state index in [1.807, 2.05) is 24.3 Å². The summed E-state index contributed by atoms with van der Waals surface area (Å²) in [6.45, 7) is 5.76. The first-order chi connectivity index (χ1) is 21.7. The minimum Gasteiger partial charge on any atom is -0.489 e. The Kier molecular flexibility index (Phi) is 14.5. The molecular formula is C40H56O4. The number of benzene rings is 4. The molecule has 44 heavy (non-hydrogen) atoms. The Morgan fingerprint density at radius 2 is 0.705 bits per heavy atom. The fourth-order valence-electron chi connectivity index (χ4n) is 6.70. The number of rotatable bonds is 24. The second-order valence-electron chi connectivity index (χ2n) is 12.8. The van der Waals surface area contributed by atoms with Crippen molar-refractivity contribution in [2.24, 2.45) is 0 Å². The van der Waals surface area contributed by atoms with Gasteiger partial charge in [-0.05, 0) is 12.8 Å². The lowest BCUT2D eigenvalue weighted by molar-refractivity contribution is 0.263. The smallest absolute Gasteiger partial charge is 0.234 e. The average molecular weight is 601 g/mol. The van der Waals surface area contributed by atoms with E-state index in [9.17, 15) is 9.59 Å². The van der Waals surface area contributed by atoms with E-state index in [1.165, 1.54) is 103 Å². The predicted octanol–water partition coefficient (Wildman–Crippen LogP) is 11.3. The third-order valence-electron chi connectivity index (χ3n) is 9.26. The molecule has 0 amide bonds. The van der Waals surface area contributed by atoms with Gasteiger partial charge < -0.3 is 9.47 Å². The fraction of sp³-hybridized carbons (Fsp3) is 0.600. The minimum absolute atomic E-state index is 0.435. The van der Waals surface area contributed by atoms with Crippen LogP contribution in [0.4, 0.5) is 0 Å². The molecule has 4 aromatic carbocycles. The number of unbranched alkanes of at least 4 members (excludes halogenated alkanes) is 18. The van der Waals surface area contributed by atoms with Crippen LogP contribution in [-0.2, 0) is 0 Å². The number of hydrogen-bond acceptors (Lipinski definition) is 4. The molecule has 0 aliphatic rings. The van der Waals surface area contributed by atoms with Crippen LogP contribution < -0.4 is 20.3 Å². The van der Waals surface area contributed by atoms with E-state index in [0.717, 1.165) is 58.7 Å². The highest BCUT2D eigenvalue weighted by molar-refractivity contribution is 6.26. The van der Waals surface area contributed by atoms with Gasteiger partial charge in [0.2, 0.25) is 10.9 Å². The minimum atomic E-state index is -0.435. The van der Waals surface area contributed by atoms with Crippen molar-refractivity contribution in [1.82, 2.24) is 0 Å². The second-order valence-corrected chi connectivity index (χ2v) is 12.8. The Hall–Kier alpha value is -2.88. The third-order valence-corrected chi connectivity index (χ3v) is 9.26. The predicted molar refractivity (Wildman–Crippen MR) is 189 cm³/mol. The van der Waals surface area contributed by atoms with Crippen LogP contribution in [0.2, 0.25) is 0 Å². The van der Waals surface area contributed by atoms with Gasteiger partial charge in [-0.3, -0.25) is 9.59 Å². The first kappa shape index (κ1) is 34.0. The molecule has 0 saturated heterocycles. The summed E-state index contributed by atoms with van der Waals surface area (Å²) in [5.41, 5.74) is -0.870. The van der Waals surface area contributed by atoms with E-state index in [-0.39, 0.29) is 0 Å². The number of ether oxygens (including phenoxy) is 2. The van der Waals surface area contributed by atoms with Crippen molar-refractivity contribution in [3.63, 3.8) is 0 Å². The quantitative estimate of drug-likeness (QED) is 0.0456. The van der Waals surface area contributed by atoms with Crippen LogP contribution in [0.25, 0.3) is 32.3 Å². The van der Waals surface area contributed by atoms with Crippen molar-refractivity contribution in [1.29, 1.82) is 0 Å². The molecule has 0 radical (unpaired) electrons. The first-order valence-electron chi connectivity index (χ1n) is 18.0. The van der Waals surface area contributed by atoms with Gasteiger partial charge in [-0.25, -0.2) is 0 Å². The van der Waals surface area contributed by atoms with Crippen LogP contribution in [0.1, 0.15) is 142 Å². The molecule has 0 saturated carbocycles. The zero-order valence-electron chi connectivity index (χ0n) is 27.7. The Balaban J connectivity index is 1.41. The van der Waals surface area contributed by atoms with Crippen molar-refractivity contribution in [2.75, 3.05) is 13.2 Å². The van der Waals surface area contributed by atoms with E-state index in [0.29, 0.717) is 24.0 Å². The van der Waals surface area contributed by atoms with Crippen LogP contribution in [0.15, 0.2) is 46.0 Å². The van der Waals surface area contributed by atoms with E-state index < -0.39 is 10.9 Å². The maximum absolute atomic E-state index is 13.1. The Morgan fingerprint density at radius 3 is 1.05 bits per heavy atom. The second kappa shape index (κ2) is 18.8. The van der Waals surface area contributed by atoms with Gasteiger partial charge in [-0.15, -0.1) is 0 Å². The molecule has 4 rings (SSSR count).